The summed E-state index contributed by atoms with van der Waals surface area (Å²) in [7, 11) is 0. The third-order valence-corrected chi connectivity index (χ3v) is 3.17. The largest absolute Gasteiger partial charge is 0.385 e. The lowest BCUT2D eigenvalue weighted by molar-refractivity contribution is -0.128. The van der Waals surface area contributed by atoms with E-state index in [1.165, 1.54) is 0 Å². The number of ether oxygens (including phenoxy) is 2. The van der Waals surface area contributed by atoms with Crippen LogP contribution in [0.1, 0.15) is 25.3 Å². The Labute approximate surface area is 107 Å². The molecule has 1 saturated heterocycles. The quantitative estimate of drug-likeness (QED) is 0.832. The normalized spacial score (nSPS) is 31.7. The van der Waals surface area contributed by atoms with Gasteiger partial charge in [-0.1, -0.05) is 43.7 Å². The second-order valence-corrected chi connectivity index (χ2v) is 4.61. The minimum absolute atomic E-state index is 0.233. The maximum atomic E-state index is 9.83. The Hall–Kier alpha value is -0.940. The third-order valence-electron chi connectivity index (χ3n) is 3.17. The monoisotopic (exact) mass is 252 g/mol. The fourth-order valence-corrected chi connectivity index (χ4v) is 2.21. The molecule has 0 aliphatic carbocycles. The summed E-state index contributed by atoms with van der Waals surface area (Å²) in [6.45, 7) is 2.45. The first kappa shape index (κ1) is 13.5. The first-order valence-electron chi connectivity index (χ1n) is 6.39. The van der Waals surface area contributed by atoms with Crippen LogP contribution in [0.2, 0.25) is 0 Å². The molecule has 1 aromatic rings. The molecule has 0 bridgehead atoms. The number of aliphatic hydroxyl groups is 2. The van der Waals surface area contributed by atoms with Crippen molar-refractivity contribution in [3.8, 4) is 0 Å². The lowest BCUT2D eigenvalue weighted by Crippen LogP contribution is -2.35. The molecule has 0 unspecified atom stereocenters. The summed E-state index contributed by atoms with van der Waals surface area (Å²) < 4.78 is 11.0. The van der Waals surface area contributed by atoms with Crippen molar-refractivity contribution in [2.75, 3.05) is 0 Å². The van der Waals surface area contributed by atoms with Gasteiger partial charge in [0, 0.05) is 0 Å². The molecule has 1 heterocycles. The van der Waals surface area contributed by atoms with Crippen molar-refractivity contribution < 1.29 is 19.7 Å². The molecule has 0 aromatic heterocycles. The Kier molecular flexibility index (Phi) is 4.72. The van der Waals surface area contributed by atoms with Crippen LogP contribution in [0.4, 0.5) is 0 Å². The standard InChI is InChI=1S/C14H20O4/c1-2-6-11-13(12(15)14(16)18-11)17-9-10-7-4-3-5-8-10/h3-5,7-8,11-16H,2,6,9H2,1H3/t11-,12-,13-,14+/m1/s1. The van der Waals surface area contributed by atoms with Crippen molar-refractivity contribution in [2.24, 2.45) is 0 Å². The molecule has 2 rings (SSSR count). The predicted octanol–water partition coefficient (Wildman–Crippen LogP) is 1.45. The highest BCUT2D eigenvalue weighted by molar-refractivity contribution is 5.13. The number of rotatable bonds is 5. The van der Waals surface area contributed by atoms with Gasteiger partial charge in [0.25, 0.3) is 0 Å². The van der Waals surface area contributed by atoms with Crippen molar-refractivity contribution in [2.45, 2.75) is 51.0 Å². The van der Waals surface area contributed by atoms with Gasteiger partial charge >= 0.3 is 0 Å². The highest BCUT2D eigenvalue weighted by Gasteiger charge is 2.43. The summed E-state index contributed by atoms with van der Waals surface area (Å²) in [5.74, 6) is 0. The van der Waals surface area contributed by atoms with Gasteiger partial charge in [0.05, 0.1) is 12.7 Å². The van der Waals surface area contributed by atoms with Gasteiger partial charge in [-0.15, -0.1) is 0 Å². The van der Waals surface area contributed by atoms with Crippen LogP contribution in [0.3, 0.4) is 0 Å². The van der Waals surface area contributed by atoms with Gasteiger partial charge in [-0.3, -0.25) is 0 Å². The molecule has 1 aliphatic heterocycles. The lowest BCUT2D eigenvalue weighted by Gasteiger charge is -2.20. The third kappa shape index (κ3) is 3.09. The SMILES string of the molecule is CCC[C@H]1O[C@H](O)[C@H](O)[C@@H]1OCc1ccccc1. The summed E-state index contributed by atoms with van der Waals surface area (Å²) in [5.41, 5.74) is 1.04. The smallest absolute Gasteiger partial charge is 0.183 e. The maximum Gasteiger partial charge on any atom is 0.183 e. The summed E-state index contributed by atoms with van der Waals surface area (Å²) in [5, 5.41) is 19.3. The maximum absolute atomic E-state index is 9.83. The second kappa shape index (κ2) is 6.29. The molecule has 0 amide bonds. The van der Waals surface area contributed by atoms with Crippen LogP contribution in [-0.4, -0.2) is 34.8 Å². The van der Waals surface area contributed by atoms with Crippen LogP contribution < -0.4 is 0 Å². The van der Waals surface area contributed by atoms with Crippen molar-refractivity contribution in [1.82, 2.24) is 0 Å². The molecular formula is C14H20O4. The van der Waals surface area contributed by atoms with Gasteiger partial charge in [0.2, 0.25) is 0 Å². The molecule has 2 N–H and O–H groups in total. The van der Waals surface area contributed by atoms with E-state index in [9.17, 15) is 10.2 Å². The van der Waals surface area contributed by atoms with Gasteiger partial charge in [-0.2, -0.15) is 0 Å². The van der Waals surface area contributed by atoms with E-state index in [1.54, 1.807) is 0 Å². The first-order valence-corrected chi connectivity index (χ1v) is 6.39. The van der Waals surface area contributed by atoms with Crippen LogP contribution in [-0.2, 0) is 16.1 Å². The molecule has 18 heavy (non-hydrogen) atoms. The van der Waals surface area contributed by atoms with Crippen molar-refractivity contribution >= 4 is 0 Å². The zero-order chi connectivity index (χ0) is 13.0. The Balaban J connectivity index is 1.93. The molecule has 0 radical (unpaired) electrons. The van der Waals surface area contributed by atoms with Crippen LogP contribution in [0.15, 0.2) is 30.3 Å². The molecule has 4 atom stereocenters. The van der Waals surface area contributed by atoms with Gasteiger partial charge in [0.15, 0.2) is 6.29 Å². The zero-order valence-electron chi connectivity index (χ0n) is 10.5. The highest BCUT2D eigenvalue weighted by Crippen LogP contribution is 2.26. The lowest BCUT2D eigenvalue weighted by atomic mass is 10.1. The molecule has 0 saturated carbocycles. The number of hydrogen-bond donors (Lipinski definition) is 2. The van der Waals surface area contributed by atoms with Gasteiger partial charge < -0.3 is 19.7 Å². The molecular weight excluding hydrogens is 232 g/mol. The van der Waals surface area contributed by atoms with Crippen LogP contribution in [0.5, 0.6) is 0 Å². The van der Waals surface area contributed by atoms with E-state index in [-0.39, 0.29) is 6.10 Å². The minimum atomic E-state index is -1.14. The van der Waals surface area contributed by atoms with Crippen LogP contribution in [0, 0.1) is 0 Å². The van der Waals surface area contributed by atoms with E-state index in [1.807, 2.05) is 37.3 Å². The van der Waals surface area contributed by atoms with E-state index in [4.69, 9.17) is 9.47 Å². The van der Waals surface area contributed by atoms with E-state index in [0.717, 1.165) is 18.4 Å². The Morgan fingerprint density at radius 2 is 1.94 bits per heavy atom. The number of benzene rings is 1. The summed E-state index contributed by atoms with van der Waals surface area (Å²) in [4.78, 5) is 0. The van der Waals surface area contributed by atoms with E-state index >= 15 is 0 Å². The topological polar surface area (TPSA) is 58.9 Å². The number of aliphatic hydroxyl groups excluding tert-OH is 2. The van der Waals surface area contributed by atoms with Gasteiger partial charge in [-0.05, 0) is 12.0 Å². The fraction of sp³-hybridized carbons (Fsp3) is 0.571. The summed E-state index contributed by atoms with van der Waals surface area (Å²) in [6.07, 6.45) is -1.10. The number of hydrogen-bond acceptors (Lipinski definition) is 4. The average molecular weight is 252 g/mol. The summed E-state index contributed by atoms with van der Waals surface area (Å²) >= 11 is 0. The van der Waals surface area contributed by atoms with Crippen molar-refractivity contribution in [3.05, 3.63) is 35.9 Å². The molecule has 1 aromatic carbocycles. The first-order chi connectivity index (χ1) is 8.72. The summed E-state index contributed by atoms with van der Waals surface area (Å²) in [6, 6.07) is 9.76. The van der Waals surface area contributed by atoms with E-state index < -0.39 is 18.5 Å². The molecule has 1 fully saturated rings. The van der Waals surface area contributed by atoms with Gasteiger partial charge in [-0.25, -0.2) is 0 Å². The van der Waals surface area contributed by atoms with E-state index in [0.29, 0.717) is 6.61 Å². The second-order valence-electron chi connectivity index (χ2n) is 4.61. The van der Waals surface area contributed by atoms with Crippen molar-refractivity contribution in [3.63, 3.8) is 0 Å². The van der Waals surface area contributed by atoms with Crippen molar-refractivity contribution in [1.29, 1.82) is 0 Å². The Morgan fingerprint density at radius 3 is 2.61 bits per heavy atom. The highest BCUT2D eigenvalue weighted by atomic mass is 16.7. The fourth-order valence-electron chi connectivity index (χ4n) is 2.21. The molecule has 4 nitrogen and oxygen atoms in total. The Morgan fingerprint density at radius 1 is 1.22 bits per heavy atom. The molecule has 100 valence electrons. The minimum Gasteiger partial charge on any atom is -0.385 e. The van der Waals surface area contributed by atoms with Crippen LogP contribution in [0.25, 0.3) is 0 Å². The van der Waals surface area contributed by atoms with Crippen LogP contribution >= 0.6 is 0 Å². The molecule has 1 aliphatic rings. The Bertz CT molecular complexity index is 354. The van der Waals surface area contributed by atoms with Gasteiger partial charge in [0.1, 0.15) is 12.2 Å². The predicted molar refractivity (Wildman–Crippen MR) is 66.8 cm³/mol. The molecule has 4 heteroatoms. The zero-order valence-corrected chi connectivity index (χ0v) is 10.5. The average Bonchev–Trinajstić information content (AvgIpc) is 2.65. The van der Waals surface area contributed by atoms with E-state index in [2.05, 4.69) is 0 Å². The molecule has 0 spiro atoms.